The normalized spacial score (nSPS) is 21.3. The Morgan fingerprint density at radius 3 is 2.67 bits per heavy atom. The Morgan fingerprint density at radius 2 is 2.08 bits per heavy atom. The number of aryl methyl sites for hydroxylation is 1. The summed E-state index contributed by atoms with van der Waals surface area (Å²) in [6, 6.07) is 3.76. The van der Waals surface area contributed by atoms with Crippen LogP contribution in [0, 0.1) is 18.3 Å². The van der Waals surface area contributed by atoms with Crippen molar-refractivity contribution in [1.29, 1.82) is 0 Å². The SMILES string of the molecule is CCCC(=O)OC1=C(c2cc(C)ccn2)C(=O)CC(C)(C(C)C)C1. The van der Waals surface area contributed by atoms with Gasteiger partial charge in [0.25, 0.3) is 0 Å². The molecule has 1 aromatic rings. The predicted molar refractivity (Wildman–Crippen MR) is 94.1 cm³/mol. The summed E-state index contributed by atoms with van der Waals surface area (Å²) in [7, 11) is 0. The molecule has 0 aromatic carbocycles. The highest BCUT2D eigenvalue weighted by Crippen LogP contribution is 2.45. The number of allylic oxidation sites excluding steroid dienone is 2. The molecule has 1 aromatic heterocycles. The molecule has 0 aliphatic heterocycles. The number of ether oxygens (including phenoxy) is 1. The van der Waals surface area contributed by atoms with E-state index in [4.69, 9.17) is 4.74 Å². The fourth-order valence-corrected chi connectivity index (χ4v) is 2.97. The monoisotopic (exact) mass is 329 g/mol. The highest BCUT2D eigenvalue weighted by Gasteiger charge is 2.40. The molecule has 1 unspecified atom stereocenters. The lowest BCUT2D eigenvalue weighted by molar-refractivity contribution is -0.140. The number of Topliss-reactive ketones (excluding diaryl/α,β-unsaturated/α-hetero) is 1. The third-order valence-corrected chi connectivity index (χ3v) is 4.94. The summed E-state index contributed by atoms with van der Waals surface area (Å²) in [6.07, 6.45) is 3.79. The molecule has 1 heterocycles. The molecule has 4 heteroatoms. The Morgan fingerprint density at radius 1 is 1.38 bits per heavy atom. The van der Waals surface area contributed by atoms with Crippen LogP contribution < -0.4 is 0 Å². The van der Waals surface area contributed by atoms with E-state index in [1.165, 1.54) is 0 Å². The van der Waals surface area contributed by atoms with E-state index >= 15 is 0 Å². The van der Waals surface area contributed by atoms with E-state index in [2.05, 4.69) is 25.8 Å². The number of nitrogens with zero attached hydrogens (tertiary/aromatic N) is 1. The number of hydrogen-bond acceptors (Lipinski definition) is 4. The lowest BCUT2D eigenvalue weighted by atomic mass is 9.67. The fraction of sp³-hybridized carbons (Fsp3) is 0.550. The van der Waals surface area contributed by atoms with Crippen LogP contribution in [0.5, 0.6) is 0 Å². The highest BCUT2D eigenvalue weighted by atomic mass is 16.5. The summed E-state index contributed by atoms with van der Waals surface area (Å²) in [6.45, 7) is 10.2. The van der Waals surface area contributed by atoms with Crippen molar-refractivity contribution >= 4 is 17.3 Å². The zero-order valence-electron chi connectivity index (χ0n) is 15.3. The number of rotatable bonds is 5. The first-order valence-corrected chi connectivity index (χ1v) is 8.67. The van der Waals surface area contributed by atoms with Crippen LogP contribution in [-0.4, -0.2) is 16.7 Å². The van der Waals surface area contributed by atoms with E-state index in [1.807, 2.05) is 26.0 Å². The molecular formula is C20H27NO3. The van der Waals surface area contributed by atoms with E-state index in [0.29, 0.717) is 42.2 Å². The van der Waals surface area contributed by atoms with Crippen LogP contribution in [0.1, 0.15) is 64.6 Å². The molecule has 0 bridgehead atoms. The minimum absolute atomic E-state index is 0.00912. The van der Waals surface area contributed by atoms with Gasteiger partial charge in [-0.15, -0.1) is 0 Å². The van der Waals surface area contributed by atoms with Crippen LogP contribution in [-0.2, 0) is 14.3 Å². The molecular weight excluding hydrogens is 302 g/mol. The van der Waals surface area contributed by atoms with Crippen molar-refractivity contribution < 1.29 is 14.3 Å². The Balaban J connectivity index is 2.50. The first-order valence-electron chi connectivity index (χ1n) is 8.67. The highest BCUT2D eigenvalue weighted by molar-refractivity contribution is 6.22. The van der Waals surface area contributed by atoms with Crippen LogP contribution in [0.15, 0.2) is 24.1 Å². The van der Waals surface area contributed by atoms with E-state index in [-0.39, 0.29) is 17.2 Å². The van der Waals surface area contributed by atoms with E-state index in [9.17, 15) is 9.59 Å². The van der Waals surface area contributed by atoms with Gasteiger partial charge in [-0.2, -0.15) is 0 Å². The molecule has 0 saturated carbocycles. The zero-order chi connectivity index (χ0) is 17.9. The lowest BCUT2D eigenvalue weighted by Crippen LogP contribution is -2.33. The molecule has 0 saturated heterocycles. The molecule has 130 valence electrons. The smallest absolute Gasteiger partial charge is 0.310 e. The second-order valence-corrected chi connectivity index (χ2v) is 7.33. The summed E-state index contributed by atoms with van der Waals surface area (Å²) in [5, 5.41) is 0. The number of hydrogen-bond donors (Lipinski definition) is 0. The topological polar surface area (TPSA) is 56.3 Å². The molecule has 0 spiro atoms. The molecule has 2 rings (SSSR count). The molecule has 0 radical (unpaired) electrons. The van der Waals surface area contributed by atoms with E-state index in [0.717, 1.165) is 12.0 Å². The Hall–Kier alpha value is -1.97. The van der Waals surface area contributed by atoms with Crippen LogP contribution in [0.3, 0.4) is 0 Å². The Labute approximate surface area is 144 Å². The molecule has 24 heavy (non-hydrogen) atoms. The summed E-state index contributed by atoms with van der Waals surface area (Å²) < 4.78 is 5.63. The second kappa shape index (κ2) is 7.29. The van der Waals surface area contributed by atoms with Gasteiger partial charge in [0.05, 0.1) is 11.3 Å². The summed E-state index contributed by atoms with van der Waals surface area (Å²) in [5.41, 5.74) is 1.90. The molecule has 0 fully saturated rings. The lowest BCUT2D eigenvalue weighted by Gasteiger charge is -2.38. The van der Waals surface area contributed by atoms with Crippen molar-refractivity contribution in [3.63, 3.8) is 0 Å². The standard InChI is InChI=1S/C20H27NO3/c1-6-7-18(23)24-17-12-20(5,13(2)3)11-16(22)19(17)15-10-14(4)8-9-21-15/h8-10,13H,6-7,11-12H2,1-5H3. The van der Waals surface area contributed by atoms with Gasteiger partial charge < -0.3 is 4.74 Å². The summed E-state index contributed by atoms with van der Waals surface area (Å²) >= 11 is 0. The molecule has 1 aliphatic rings. The van der Waals surface area contributed by atoms with Gasteiger partial charge in [0, 0.05) is 25.5 Å². The van der Waals surface area contributed by atoms with Crippen LogP contribution in [0.25, 0.3) is 5.57 Å². The Bertz CT molecular complexity index is 675. The quantitative estimate of drug-likeness (QED) is 0.748. The largest absolute Gasteiger partial charge is 0.430 e. The van der Waals surface area contributed by atoms with Crippen molar-refractivity contribution in [2.75, 3.05) is 0 Å². The van der Waals surface area contributed by atoms with Gasteiger partial charge in [0.2, 0.25) is 0 Å². The van der Waals surface area contributed by atoms with Crippen LogP contribution >= 0.6 is 0 Å². The van der Waals surface area contributed by atoms with Crippen LogP contribution in [0.2, 0.25) is 0 Å². The third kappa shape index (κ3) is 3.92. The second-order valence-electron chi connectivity index (χ2n) is 7.33. The van der Waals surface area contributed by atoms with Gasteiger partial charge in [0.15, 0.2) is 5.78 Å². The average Bonchev–Trinajstić information content (AvgIpc) is 2.46. The molecule has 4 nitrogen and oxygen atoms in total. The average molecular weight is 329 g/mol. The zero-order valence-corrected chi connectivity index (χ0v) is 15.3. The van der Waals surface area contributed by atoms with Gasteiger partial charge in [-0.25, -0.2) is 0 Å². The van der Waals surface area contributed by atoms with Crippen molar-refractivity contribution in [2.24, 2.45) is 11.3 Å². The number of pyridine rings is 1. The number of esters is 1. The Kier molecular flexibility index (Phi) is 5.58. The third-order valence-electron chi connectivity index (χ3n) is 4.94. The minimum atomic E-state index is -0.279. The molecule has 1 aliphatic carbocycles. The van der Waals surface area contributed by atoms with Crippen molar-refractivity contribution in [3.05, 3.63) is 35.3 Å². The van der Waals surface area contributed by atoms with Crippen molar-refractivity contribution in [2.45, 2.75) is 60.3 Å². The van der Waals surface area contributed by atoms with Gasteiger partial charge in [-0.3, -0.25) is 14.6 Å². The van der Waals surface area contributed by atoms with Gasteiger partial charge in [0.1, 0.15) is 5.76 Å². The van der Waals surface area contributed by atoms with Crippen molar-refractivity contribution in [1.82, 2.24) is 4.98 Å². The van der Waals surface area contributed by atoms with Gasteiger partial charge >= 0.3 is 5.97 Å². The van der Waals surface area contributed by atoms with Crippen molar-refractivity contribution in [3.8, 4) is 0 Å². The van der Waals surface area contributed by atoms with Gasteiger partial charge in [-0.05, 0) is 42.4 Å². The summed E-state index contributed by atoms with van der Waals surface area (Å²) in [5.74, 6) is 0.528. The van der Waals surface area contributed by atoms with Crippen LogP contribution in [0.4, 0.5) is 0 Å². The maximum absolute atomic E-state index is 12.9. The van der Waals surface area contributed by atoms with E-state index in [1.54, 1.807) is 6.20 Å². The number of aromatic nitrogens is 1. The van der Waals surface area contributed by atoms with Gasteiger partial charge in [-0.1, -0.05) is 27.7 Å². The predicted octanol–water partition coefficient (Wildman–Crippen LogP) is 4.47. The minimum Gasteiger partial charge on any atom is -0.430 e. The number of carbonyl (C=O) groups is 2. The molecule has 1 atom stereocenters. The summed E-state index contributed by atoms with van der Waals surface area (Å²) in [4.78, 5) is 29.3. The number of carbonyl (C=O) groups excluding carboxylic acids is 2. The maximum atomic E-state index is 12.9. The first kappa shape index (κ1) is 18.4. The first-order chi connectivity index (χ1) is 11.3. The molecule has 0 amide bonds. The fourth-order valence-electron chi connectivity index (χ4n) is 2.97. The van der Waals surface area contributed by atoms with E-state index < -0.39 is 0 Å². The number of ketones is 1. The maximum Gasteiger partial charge on any atom is 0.310 e. The molecule has 0 N–H and O–H groups in total.